The molecule has 0 saturated heterocycles. The molecule has 4 aliphatic carbocycles. The van der Waals surface area contributed by atoms with Gasteiger partial charge in [0.05, 0.1) is 12.4 Å². The zero-order valence-electron chi connectivity index (χ0n) is 20.2. The number of Topliss-reactive ketones (excluding diaryl/α,β-unsaturated/α-hetero) is 1. The molecular weight excluding hydrogens is 460 g/mol. The van der Waals surface area contributed by atoms with Crippen LogP contribution in [-0.2, 0) is 33.4 Å². The number of allylic oxidation sites excluding steroid dienone is 4. The van der Waals surface area contributed by atoms with E-state index >= 15 is 0 Å². The monoisotopic (exact) mass is 494 g/mol. The normalized spacial score (nSPS) is 41.2. The number of ether oxygens (including phenoxy) is 1. The van der Waals surface area contributed by atoms with Crippen molar-refractivity contribution in [1.29, 1.82) is 0 Å². The zero-order valence-corrected chi connectivity index (χ0v) is 21.0. The van der Waals surface area contributed by atoms with E-state index in [-0.39, 0.29) is 42.8 Å². The molecule has 0 spiro atoms. The molecule has 4 rings (SSSR count). The minimum absolute atomic E-state index is 0.0165. The Morgan fingerprint density at radius 1 is 1.24 bits per heavy atom. The third-order valence-electron chi connectivity index (χ3n) is 9.05. The molecule has 0 amide bonds. The first kappa shape index (κ1) is 25.3. The average Bonchev–Trinajstić information content (AvgIpc) is 3.04. The van der Waals surface area contributed by atoms with E-state index in [1.54, 1.807) is 19.1 Å². The van der Waals surface area contributed by atoms with Crippen molar-refractivity contribution >= 4 is 27.7 Å². The maximum Gasteiger partial charge on any atom is 0.306 e. The fourth-order valence-electron chi connectivity index (χ4n) is 7.54. The Hall–Kier alpha value is -1.84. The van der Waals surface area contributed by atoms with Gasteiger partial charge in [0.2, 0.25) is 5.78 Å². The summed E-state index contributed by atoms with van der Waals surface area (Å²) in [6.45, 7) is 4.88. The molecular formula is C25H34O8S. The van der Waals surface area contributed by atoms with Gasteiger partial charge in [-0.1, -0.05) is 32.4 Å². The van der Waals surface area contributed by atoms with E-state index < -0.39 is 51.0 Å². The molecule has 8 nitrogen and oxygen atoms in total. The Kier molecular flexibility index (Phi) is 6.23. The van der Waals surface area contributed by atoms with Gasteiger partial charge in [-0.05, 0) is 56.1 Å². The van der Waals surface area contributed by atoms with E-state index in [0.29, 0.717) is 6.42 Å². The van der Waals surface area contributed by atoms with Crippen LogP contribution >= 0.6 is 0 Å². The number of esters is 1. The Morgan fingerprint density at radius 3 is 2.59 bits per heavy atom. The van der Waals surface area contributed by atoms with E-state index in [9.17, 15) is 27.9 Å². The van der Waals surface area contributed by atoms with Crippen molar-refractivity contribution in [1.82, 2.24) is 0 Å². The molecule has 0 radical (unpaired) electrons. The smallest absolute Gasteiger partial charge is 0.306 e. The number of aliphatic hydroxyl groups excluding tert-OH is 1. The van der Waals surface area contributed by atoms with Gasteiger partial charge in [0.25, 0.3) is 10.1 Å². The lowest BCUT2D eigenvalue weighted by molar-refractivity contribution is -0.199. The van der Waals surface area contributed by atoms with Crippen molar-refractivity contribution in [3.05, 3.63) is 23.8 Å². The van der Waals surface area contributed by atoms with Crippen LogP contribution in [-0.4, -0.2) is 55.6 Å². The fourth-order valence-corrected chi connectivity index (χ4v) is 7.86. The van der Waals surface area contributed by atoms with Gasteiger partial charge in [-0.25, -0.2) is 0 Å². The second-order valence-electron chi connectivity index (χ2n) is 10.8. The molecule has 0 bridgehead atoms. The molecule has 3 saturated carbocycles. The molecule has 0 unspecified atom stereocenters. The molecule has 0 aromatic rings. The predicted octanol–water partition coefficient (Wildman–Crippen LogP) is 2.50. The van der Waals surface area contributed by atoms with Gasteiger partial charge in [0.1, 0.15) is 6.61 Å². The molecule has 34 heavy (non-hydrogen) atoms. The average molecular weight is 495 g/mol. The Balaban J connectivity index is 1.73. The molecule has 0 heterocycles. The number of carbonyl (C=O) groups excluding carboxylic acids is 3. The summed E-state index contributed by atoms with van der Waals surface area (Å²) in [4.78, 5) is 38.0. The molecule has 4 aliphatic rings. The maximum atomic E-state index is 13.5. The standard InChI is InChI=1S/C25H34O8S/c1-5-21(29)33-25(20(28)14-32-34(4,30)31)11-9-18-17-7-6-15-12-16(26)8-10-23(15,2)22(17)19(27)13-24(18,25)3/h8,10,12,17-19,22,27H,5-7,9,11,13-14H2,1-4H3/t17-,18-,19-,22+,23-,24-,25+/m0/s1. The van der Waals surface area contributed by atoms with E-state index in [1.807, 2.05) is 13.0 Å². The van der Waals surface area contributed by atoms with Crippen LogP contribution in [0, 0.1) is 28.6 Å². The van der Waals surface area contributed by atoms with Crippen LogP contribution in [0.25, 0.3) is 0 Å². The van der Waals surface area contributed by atoms with E-state index in [1.165, 1.54) is 0 Å². The lowest BCUT2D eigenvalue weighted by Gasteiger charge is -2.59. The second-order valence-corrected chi connectivity index (χ2v) is 12.4. The SMILES string of the molecule is CCC(=O)O[C@@]1(C(=O)COS(C)(=O)=O)CC[C@H]2[C@@H]3CCC4=CC(=O)C=C[C@]4(C)[C@H]3[C@@H](O)C[C@@]21C. The highest BCUT2D eigenvalue weighted by Gasteiger charge is 2.70. The van der Waals surface area contributed by atoms with Crippen molar-refractivity contribution in [2.75, 3.05) is 12.9 Å². The number of aliphatic hydroxyl groups is 1. The molecule has 0 aromatic heterocycles. The highest BCUT2D eigenvalue weighted by Crippen LogP contribution is 2.67. The molecule has 3 fully saturated rings. The Labute approximate surface area is 200 Å². The van der Waals surface area contributed by atoms with E-state index in [0.717, 1.165) is 24.7 Å². The molecule has 188 valence electrons. The number of carbonyl (C=O) groups is 3. The summed E-state index contributed by atoms with van der Waals surface area (Å²) in [5.41, 5.74) is -1.85. The van der Waals surface area contributed by atoms with Crippen LogP contribution in [0.5, 0.6) is 0 Å². The van der Waals surface area contributed by atoms with Crippen molar-refractivity contribution in [2.24, 2.45) is 28.6 Å². The minimum atomic E-state index is -3.87. The lowest BCUT2D eigenvalue weighted by Crippen LogP contribution is -2.63. The number of fused-ring (bicyclic) bond motifs is 5. The van der Waals surface area contributed by atoms with Gasteiger partial charge in [-0.3, -0.25) is 18.6 Å². The predicted molar refractivity (Wildman–Crippen MR) is 123 cm³/mol. The molecule has 1 N–H and O–H groups in total. The molecule has 0 aromatic carbocycles. The number of hydrogen-bond donors (Lipinski definition) is 1. The summed E-state index contributed by atoms with van der Waals surface area (Å²) in [6, 6.07) is 0. The molecule has 0 aliphatic heterocycles. The summed E-state index contributed by atoms with van der Waals surface area (Å²) in [5, 5.41) is 11.5. The molecule has 7 atom stereocenters. The fraction of sp³-hybridized carbons (Fsp3) is 0.720. The summed E-state index contributed by atoms with van der Waals surface area (Å²) in [5.74, 6) is -1.25. The second kappa shape index (κ2) is 8.38. The van der Waals surface area contributed by atoms with Gasteiger partial charge in [-0.2, -0.15) is 8.42 Å². The van der Waals surface area contributed by atoms with E-state index in [4.69, 9.17) is 8.92 Å². The summed E-state index contributed by atoms with van der Waals surface area (Å²) < 4.78 is 33.8. The van der Waals surface area contributed by atoms with Gasteiger partial charge in [-0.15, -0.1) is 0 Å². The maximum absolute atomic E-state index is 13.5. The van der Waals surface area contributed by atoms with Crippen LogP contribution in [0.4, 0.5) is 0 Å². The van der Waals surface area contributed by atoms with Crippen molar-refractivity contribution < 1.29 is 36.8 Å². The van der Waals surface area contributed by atoms with Crippen molar-refractivity contribution in [2.45, 2.75) is 71.0 Å². The Morgan fingerprint density at radius 2 is 1.94 bits per heavy atom. The van der Waals surface area contributed by atoms with Crippen LogP contribution in [0.15, 0.2) is 23.8 Å². The highest BCUT2D eigenvalue weighted by molar-refractivity contribution is 7.86. The zero-order chi connectivity index (χ0) is 25.1. The van der Waals surface area contributed by atoms with Crippen molar-refractivity contribution in [3.8, 4) is 0 Å². The third-order valence-corrected chi connectivity index (χ3v) is 9.59. The quantitative estimate of drug-likeness (QED) is 0.441. The summed E-state index contributed by atoms with van der Waals surface area (Å²) in [7, 11) is -3.87. The lowest BCUT2D eigenvalue weighted by atomic mass is 9.46. The van der Waals surface area contributed by atoms with Crippen LogP contribution < -0.4 is 0 Å². The summed E-state index contributed by atoms with van der Waals surface area (Å²) in [6.07, 6.45) is 7.90. The van der Waals surface area contributed by atoms with Gasteiger partial charge >= 0.3 is 5.97 Å². The number of rotatable bonds is 6. The largest absolute Gasteiger partial charge is 0.450 e. The van der Waals surface area contributed by atoms with E-state index in [2.05, 4.69) is 6.92 Å². The van der Waals surface area contributed by atoms with Crippen LogP contribution in [0.3, 0.4) is 0 Å². The van der Waals surface area contributed by atoms with Crippen LogP contribution in [0.2, 0.25) is 0 Å². The first-order valence-corrected chi connectivity index (χ1v) is 13.8. The topological polar surface area (TPSA) is 124 Å². The first-order chi connectivity index (χ1) is 15.8. The number of hydrogen-bond acceptors (Lipinski definition) is 8. The minimum Gasteiger partial charge on any atom is -0.450 e. The first-order valence-electron chi connectivity index (χ1n) is 12.0. The summed E-state index contributed by atoms with van der Waals surface area (Å²) >= 11 is 0. The molecule has 9 heteroatoms. The highest BCUT2D eigenvalue weighted by atomic mass is 32.2. The van der Waals surface area contributed by atoms with Gasteiger partial charge in [0, 0.05) is 23.2 Å². The van der Waals surface area contributed by atoms with Gasteiger partial charge < -0.3 is 9.84 Å². The Bertz CT molecular complexity index is 1070. The third kappa shape index (κ3) is 3.80. The van der Waals surface area contributed by atoms with Gasteiger partial charge in [0.15, 0.2) is 11.4 Å². The number of ketones is 2. The van der Waals surface area contributed by atoms with Crippen molar-refractivity contribution in [3.63, 3.8) is 0 Å². The van der Waals surface area contributed by atoms with Crippen LogP contribution in [0.1, 0.15) is 59.3 Å².